The Kier molecular flexibility index (Phi) is 3.55. The normalized spacial score (nSPS) is 25.5. The molecule has 0 saturated carbocycles. The van der Waals surface area contributed by atoms with Crippen molar-refractivity contribution in [2.45, 2.75) is 44.2 Å². The molecule has 0 radical (unpaired) electrons. The third-order valence-corrected chi connectivity index (χ3v) is 4.42. The van der Waals surface area contributed by atoms with E-state index in [1.807, 2.05) is 18.2 Å². The van der Waals surface area contributed by atoms with Crippen LogP contribution in [-0.4, -0.2) is 32.1 Å². The topological polar surface area (TPSA) is 38.8 Å². The Hall–Kier alpha value is -1.71. The molecule has 2 saturated heterocycles. The standard InChI is InChI=1S/C16H21NO3/c1-19-15-8-13(9-16(10-15)20-2)17-11-4-3-5-12(17)7-14(18)6-11/h8-12H,3-7H2,1-2H3. The van der Waals surface area contributed by atoms with Gasteiger partial charge in [0.2, 0.25) is 0 Å². The lowest BCUT2D eigenvalue weighted by molar-refractivity contribution is -0.121. The summed E-state index contributed by atoms with van der Waals surface area (Å²) in [6, 6.07) is 6.65. The smallest absolute Gasteiger partial charge is 0.137 e. The number of hydrogen-bond acceptors (Lipinski definition) is 4. The number of nitrogens with zero attached hydrogens (tertiary/aromatic N) is 1. The van der Waals surface area contributed by atoms with Crippen LogP contribution in [0.25, 0.3) is 0 Å². The van der Waals surface area contributed by atoms with E-state index in [2.05, 4.69) is 4.90 Å². The lowest BCUT2D eigenvalue weighted by atomic mass is 9.83. The average Bonchev–Trinajstić information content (AvgIpc) is 2.45. The summed E-state index contributed by atoms with van der Waals surface area (Å²) in [5.74, 6) is 2.01. The van der Waals surface area contributed by atoms with E-state index in [0.717, 1.165) is 30.0 Å². The van der Waals surface area contributed by atoms with Crippen LogP contribution < -0.4 is 14.4 Å². The van der Waals surface area contributed by atoms with Crippen LogP contribution in [0.5, 0.6) is 11.5 Å². The molecule has 2 bridgehead atoms. The highest BCUT2D eigenvalue weighted by Crippen LogP contribution is 2.39. The number of ketones is 1. The van der Waals surface area contributed by atoms with Crippen molar-refractivity contribution >= 4 is 11.5 Å². The van der Waals surface area contributed by atoms with Gasteiger partial charge in [-0.3, -0.25) is 4.79 Å². The third kappa shape index (κ3) is 2.35. The van der Waals surface area contributed by atoms with E-state index in [0.29, 0.717) is 30.7 Å². The summed E-state index contributed by atoms with van der Waals surface area (Å²) in [4.78, 5) is 14.2. The molecule has 3 rings (SSSR count). The Labute approximate surface area is 119 Å². The molecule has 2 aliphatic heterocycles. The van der Waals surface area contributed by atoms with Gasteiger partial charge in [0.05, 0.1) is 14.2 Å². The minimum Gasteiger partial charge on any atom is -0.497 e. The molecule has 2 heterocycles. The molecule has 0 aliphatic carbocycles. The highest BCUT2D eigenvalue weighted by Gasteiger charge is 2.37. The van der Waals surface area contributed by atoms with Crippen LogP contribution in [0, 0.1) is 0 Å². The Balaban J connectivity index is 1.97. The van der Waals surface area contributed by atoms with Crippen molar-refractivity contribution in [3.8, 4) is 11.5 Å². The number of methoxy groups -OCH3 is 2. The van der Waals surface area contributed by atoms with Crippen LogP contribution in [0.4, 0.5) is 5.69 Å². The third-order valence-electron chi connectivity index (χ3n) is 4.42. The highest BCUT2D eigenvalue weighted by atomic mass is 16.5. The largest absolute Gasteiger partial charge is 0.497 e. The van der Waals surface area contributed by atoms with E-state index in [-0.39, 0.29) is 0 Å². The summed E-state index contributed by atoms with van der Waals surface area (Å²) in [5.41, 5.74) is 1.11. The lowest BCUT2D eigenvalue weighted by Gasteiger charge is -2.47. The van der Waals surface area contributed by atoms with Gasteiger partial charge in [-0.1, -0.05) is 0 Å². The van der Waals surface area contributed by atoms with Gasteiger partial charge in [0.25, 0.3) is 0 Å². The molecule has 20 heavy (non-hydrogen) atoms. The quantitative estimate of drug-likeness (QED) is 0.850. The van der Waals surface area contributed by atoms with Crippen molar-refractivity contribution in [2.24, 2.45) is 0 Å². The lowest BCUT2D eigenvalue weighted by Crippen LogP contribution is -2.52. The molecule has 0 N–H and O–H groups in total. The fourth-order valence-electron chi connectivity index (χ4n) is 3.54. The fourth-order valence-corrected chi connectivity index (χ4v) is 3.54. The molecular formula is C16H21NO3. The first-order valence-corrected chi connectivity index (χ1v) is 7.24. The Morgan fingerprint density at radius 3 is 2.05 bits per heavy atom. The molecule has 2 atom stereocenters. The van der Waals surface area contributed by atoms with Crippen molar-refractivity contribution in [1.82, 2.24) is 0 Å². The summed E-state index contributed by atoms with van der Waals surface area (Å²) in [6.45, 7) is 0. The summed E-state index contributed by atoms with van der Waals surface area (Å²) >= 11 is 0. The molecule has 2 fully saturated rings. The van der Waals surface area contributed by atoms with Gasteiger partial charge in [-0.05, 0) is 19.3 Å². The van der Waals surface area contributed by atoms with Gasteiger partial charge < -0.3 is 14.4 Å². The SMILES string of the molecule is COc1cc(OC)cc(N2C3CCCC2CC(=O)C3)c1. The van der Waals surface area contributed by atoms with Gasteiger partial charge in [0.1, 0.15) is 17.3 Å². The van der Waals surface area contributed by atoms with Crippen molar-refractivity contribution in [3.05, 3.63) is 18.2 Å². The van der Waals surface area contributed by atoms with Crippen molar-refractivity contribution in [3.63, 3.8) is 0 Å². The van der Waals surface area contributed by atoms with E-state index in [4.69, 9.17) is 9.47 Å². The number of rotatable bonds is 3. The minimum atomic E-state index is 0.340. The summed E-state index contributed by atoms with van der Waals surface area (Å²) in [6.07, 6.45) is 4.77. The van der Waals surface area contributed by atoms with Crippen LogP contribution in [0.3, 0.4) is 0 Å². The summed E-state index contributed by atoms with van der Waals surface area (Å²) < 4.78 is 10.7. The molecule has 0 spiro atoms. The maximum absolute atomic E-state index is 11.8. The van der Waals surface area contributed by atoms with Gasteiger partial charge in [-0.2, -0.15) is 0 Å². The zero-order valence-electron chi connectivity index (χ0n) is 12.1. The Morgan fingerprint density at radius 1 is 1.00 bits per heavy atom. The number of hydrogen-bond donors (Lipinski definition) is 0. The van der Waals surface area contributed by atoms with E-state index in [9.17, 15) is 4.79 Å². The molecule has 2 aliphatic rings. The maximum atomic E-state index is 11.8. The number of piperidine rings is 2. The highest BCUT2D eigenvalue weighted by molar-refractivity contribution is 5.83. The number of anilines is 1. The second-order valence-corrected chi connectivity index (χ2v) is 5.66. The van der Waals surface area contributed by atoms with Gasteiger partial charge >= 0.3 is 0 Å². The van der Waals surface area contributed by atoms with E-state index in [1.165, 1.54) is 6.42 Å². The van der Waals surface area contributed by atoms with Crippen molar-refractivity contribution in [2.75, 3.05) is 19.1 Å². The van der Waals surface area contributed by atoms with Gasteiger partial charge in [0, 0.05) is 48.8 Å². The van der Waals surface area contributed by atoms with Crippen LogP contribution in [-0.2, 0) is 4.79 Å². The van der Waals surface area contributed by atoms with Crippen LogP contribution >= 0.6 is 0 Å². The molecule has 4 nitrogen and oxygen atoms in total. The van der Waals surface area contributed by atoms with Gasteiger partial charge in [-0.25, -0.2) is 0 Å². The molecule has 0 amide bonds. The molecule has 1 aromatic carbocycles. The number of ether oxygens (including phenoxy) is 2. The number of carbonyl (C=O) groups excluding carboxylic acids is 1. The number of Topliss-reactive ketones (excluding diaryl/α,β-unsaturated/α-hetero) is 1. The van der Waals surface area contributed by atoms with Crippen LogP contribution in [0.15, 0.2) is 18.2 Å². The van der Waals surface area contributed by atoms with Crippen molar-refractivity contribution < 1.29 is 14.3 Å². The average molecular weight is 275 g/mol. The molecule has 2 unspecified atom stereocenters. The molecule has 4 heteroatoms. The summed E-state index contributed by atoms with van der Waals surface area (Å²) in [7, 11) is 3.33. The second kappa shape index (κ2) is 5.35. The molecular weight excluding hydrogens is 254 g/mol. The predicted molar refractivity (Wildman–Crippen MR) is 77.7 cm³/mol. The van der Waals surface area contributed by atoms with Crippen LogP contribution in [0.2, 0.25) is 0 Å². The monoisotopic (exact) mass is 275 g/mol. The Bertz CT molecular complexity index is 476. The first kappa shape index (κ1) is 13.3. The van der Waals surface area contributed by atoms with E-state index >= 15 is 0 Å². The van der Waals surface area contributed by atoms with E-state index in [1.54, 1.807) is 14.2 Å². The molecule has 0 aromatic heterocycles. The summed E-state index contributed by atoms with van der Waals surface area (Å²) in [5, 5.41) is 0. The predicted octanol–water partition coefficient (Wildman–Crippen LogP) is 2.79. The first-order valence-electron chi connectivity index (χ1n) is 7.24. The minimum absolute atomic E-state index is 0.340. The van der Waals surface area contributed by atoms with Crippen LogP contribution in [0.1, 0.15) is 32.1 Å². The Morgan fingerprint density at radius 2 is 1.55 bits per heavy atom. The first-order chi connectivity index (χ1) is 9.71. The zero-order chi connectivity index (χ0) is 14.1. The number of carbonyl (C=O) groups is 1. The molecule has 108 valence electrons. The zero-order valence-corrected chi connectivity index (χ0v) is 12.1. The maximum Gasteiger partial charge on any atom is 0.137 e. The van der Waals surface area contributed by atoms with Gasteiger partial charge in [-0.15, -0.1) is 0 Å². The van der Waals surface area contributed by atoms with Crippen molar-refractivity contribution in [1.29, 1.82) is 0 Å². The number of benzene rings is 1. The van der Waals surface area contributed by atoms with E-state index < -0.39 is 0 Å². The molecule has 1 aromatic rings. The second-order valence-electron chi connectivity index (χ2n) is 5.66. The number of fused-ring (bicyclic) bond motifs is 2. The van der Waals surface area contributed by atoms with Gasteiger partial charge in [0.15, 0.2) is 0 Å². The fraction of sp³-hybridized carbons (Fsp3) is 0.562.